The average molecular weight is 1450 g/mol. The number of rotatable bonds is 19. The summed E-state index contributed by atoms with van der Waals surface area (Å²) in [5, 5.41) is 24.8. The van der Waals surface area contributed by atoms with Gasteiger partial charge in [0.1, 0.15) is 60.4 Å². The standard InChI is InChI=1S/C78H109N13O14/c1-49(2)42-62-77(104)88(13)60(43-55-30-20-15-21-31-55)70(97)79-47-66(95)87(12)63(45-57-34-24-17-25-35-57)76(103)85(10)52(6)69(96)83-68(54(8)92)72(99)81-59(46-65(94)84(9)41-38-64(93)82-67(50(3)4)78(105)89(62)14)75(102)86(11)53(7)74(101)91(48-58-36-26-18-27-37-58)61(44-56-32-22-16-23-33-56)71(98)80-51(5)73(100)90-39-28-19-29-40-90/h15-18,20-27,30-37,49-54,59-63,67-68,92H,19,28-29,38-48H2,1-14H3,(H,79,97)(H,80,98)(H,81,99)(H,82,93)(H,83,96)/t51-,52-,53-,54+,59-,60-,61-,62-,63-,67-,68-/m0/s1. The molecule has 0 unspecified atom stereocenters. The van der Waals surface area contributed by atoms with Crippen molar-refractivity contribution in [2.45, 2.75) is 186 Å². The predicted octanol–water partition coefficient (Wildman–Crippen LogP) is 2.71. The van der Waals surface area contributed by atoms with Gasteiger partial charge in [-0.05, 0) is 87.5 Å². The van der Waals surface area contributed by atoms with E-state index in [1.54, 1.807) is 147 Å². The highest BCUT2D eigenvalue weighted by Gasteiger charge is 2.43. The van der Waals surface area contributed by atoms with E-state index in [1.807, 2.05) is 13.8 Å². The summed E-state index contributed by atoms with van der Waals surface area (Å²) in [6.07, 6.45) is -0.355. The van der Waals surface area contributed by atoms with Gasteiger partial charge in [-0.15, -0.1) is 0 Å². The van der Waals surface area contributed by atoms with Crippen molar-refractivity contribution in [2.24, 2.45) is 11.8 Å². The number of hydrogen-bond acceptors (Lipinski definition) is 14. The minimum Gasteiger partial charge on any atom is -0.391 e. The fourth-order valence-corrected chi connectivity index (χ4v) is 12.8. The lowest BCUT2D eigenvalue weighted by Crippen LogP contribution is -2.62. The fraction of sp³-hybridized carbons (Fsp3) is 0.526. The zero-order valence-electron chi connectivity index (χ0n) is 63.3. The third kappa shape index (κ3) is 23.5. The quantitative estimate of drug-likeness (QED) is 0.0787. The third-order valence-electron chi connectivity index (χ3n) is 19.8. The van der Waals surface area contributed by atoms with Crippen molar-refractivity contribution < 1.29 is 67.4 Å². The zero-order valence-corrected chi connectivity index (χ0v) is 63.3. The molecule has 27 heteroatoms. The molecule has 2 aliphatic rings. The summed E-state index contributed by atoms with van der Waals surface area (Å²) in [7, 11) is 8.15. The summed E-state index contributed by atoms with van der Waals surface area (Å²) in [6.45, 7) is 12.6. The van der Waals surface area contributed by atoms with Crippen molar-refractivity contribution in [1.82, 2.24) is 65.8 Å². The van der Waals surface area contributed by atoms with E-state index in [2.05, 4.69) is 26.6 Å². The van der Waals surface area contributed by atoms with Crippen LogP contribution in [0.2, 0.25) is 0 Å². The second-order valence-corrected chi connectivity index (χ2v) is 28.5. The maximum Gasteiger partial charge on any atom is 0.246 e. The number of carbonyl (C=O) groups is 13. The first-order chi connectivity index (χ1) is 49.7. The van der Waals surface area contributed by atoms with Gasteiger partial charge in [0.05, 0.1) is 19.1 Å². The Morgan fingerprint density at radius 2 is 1.08 bits per heavy atom. The summed E-state index contributed by atoms with van der Waals surface area (Å²) in [5.41, 5.74) is 2.56. The molecule has 0 aliphatic carbocycles. The molecule has 11 atom stereocenters. The van der Waals surface area contributed by atoms with E-state index in [0.29, 0.717) is 35.3 Å². The molecular formula is C78H109N13O14. The van der Waals surface area contributed by atoms with Crippen LogP contribution in [0.15, 0.2) is 121 Å². The summed E-state index contributed by atoms with van der Waals surface area (Å²) >= 11 is 0. The van der Waals surface area contributed by atoms with Crippen molar-refractivity contribution in [1.29, 1.82) is 0 Å². The first-order valence-electron chi connectivity index (χ1n) is 36.2. The summed E-state index contributed by atoms with van der Waals surface area (Å²) in [5.74, 6) is -10.6. The number of likely N-dealkylation sites (N-methyl/N-ethyl adjacent to an activating group) is 5. The lowest BCUT2D eigenvalue weighted by atomic mass is 9.96. The monoisotopic (exact) mass is 1450 g/mol. The molecular weight excluding hydrogens is 1340 g/mol. The Hall–Kier alpha value is -10.0. The number of amides is 13. The number of piperidine rings is 1. The number of nitrogens with one attached hydrogen (secondary N) is 5. The summed E-state index contributed by atoms with van der Waals surface area (Å²) in [6, 6.07) is 21.4. The van der Waals surface area contributed by atoms with Crippen LogP contribution in [0.1, 0.15) is 116 Å². The van der Waals surface area contributed by atoms with E-state index >= 15 is 14.4 Å². The number of aliphatic hydroxyl groups excluding tert-OH is 1. The van der Waals surface area contributed by atoms with E-state index in [0.717, 1.165) is 38.9 Å². The molecule has 2 fully saturated rings. The SMILES string of the molecule is CC(C)C[C@H]1C(=O)N(C)[C@@H](Cc2ccccc2)C(=O)NCC(=O)N(C)[C@@H](Cc2ccccc2)C(=O)N(C)[C@@H](C)C(=O)N[C@@H]([C@@H](C)O)C(=O)N[C@H](C(=O)N(C)[C@@H](C)C(=O)N(Cc2ccccc2)[C@@H](Cc2ccccc2)C(=O)N[C@@H](C)C(=O)N2CCCCC2)CC(=O)N(C)CCC(=O)N[C@@H](C(C)C)C(=O)N1C. The molecule has 570 valence electrons. The van der Waals surface area contributed by atoms with Crippen LogP contribution in [0.25, 0.3) is 0 Å². The highest BCUT2D eigenvalue weighted by molar-refractivity contribution is 6.00. The molecule has 13 amide bonds. The maximum absolute atomic E-state index is 15.5. The molecule has 27 nitrogen and oxygen atoms in total. The number of carbonyl (C=O) groups excluding carboxylic acids is 13. The number of aliphatic hydroxyl groups is 1. The lowest BCUT2D eigenvalue weighted by Gasteiger charge is -2.37. The highest BCUT2D eigenvalue weighted by atomic mass is 16.3. The Labute approximate surface area is 617 Å². The van der Waals surface area contributed by atoms with Crippen LogP contribution in [0.3, 0.4) is 0 Å². The van der Waals surface area contributed by atoms with Crippen LogP contribution >= 0.6 is 0 Å². The van der Waals surface area contributed by atoms with Gasteiger partial charge in [-0.3, -0.25) is 62.3 Å². The minimum absolute atomic E-state index is 0.0176. The molecule has 4 aromatic rings. The van der Waals surface area contributed by atoms with Crippen LogP contribution in [0.4, 0.5) is 0 Å². The second kappa shape index (κ2) is 39.7. The number of likely N-dealkylation sites (tertiary alicyclic amines) is 1. The molecule has 2 saturated heterocycles. The Morgan fingerprint density at radius 3 is 1.61 bits per heavy atom. The molecule has 105 heavy (non-hydrogen) atoms. The van der Waals surface area contributed by atoms with Crippen molar-refractivity contribution >= 4 is 76.8 Å². The maximum atomic E-state index is 15.5. The average Bonchev–Trinajstić information content (AvgIpc) is 0.832. The molecule has 2 heterocycles. The molecule has 2 aliphatic heterocycles. The van der Waals surface area contributed by atoms with Gasteiger partial charge in [-0.25, -0.2) is 0 Å². The Balaban J connectivity index is 1.40. The van der Waals surface area contributed by atoms with Gasteiger partial charge in [0.15, 0.2) is 0 Å². The molecule has 0 aromatic heterocycles. The van der Waals surface area contributed by atoms with Gasteiger partial charge in [-0.1, -0.05) is 149 Å². The van der Waals surface area contributed by atoms with E-state index in [1.165, 1.54) is 77.8 Å². The first kappa shape index (κ1) is 83.9. The van der Waals surface area contributed by atoms with Gasteiger partial charge in [0.2, 0.25) is 76.8 Å². The highest BCUT2D eigenvalue weighted by Crippen LogP contribution is 2.23. The Kier molecular flexibility index (Phi) is 31.7. The Morgan fingerprint density at radius 1 is 0.562 bits per heavy atom. The molecule has 0 radical (unpaired) electrons. The normalized spacial score (nSPS) is 22.1. The minimum atomic E-state index is -1.89. The zero-order chi connectivity index (χ0) is 77.5. The number of benzene rings is 4. The van der Waals surface area contributed by atoms with Gasteiger partial charge in [-0.2, -0.15) is 0 Å². The largest absolute Gasteiger partial charge is 0.391 e. The van der Waals surface area contributed by atoms with E-state index in [-0.39, 0.29) is 50.6 Å². The van der Waals surface area contributed by atoms with Gasteiger partial charge in [0, 0.05) is 94.1 Å². The molecule has 0 bridgehead atoms. The van der Waals surface area contributed by atoms with Crippen LogP contribution in [0.5, 0.6) is 0 Å². The molecule has 0 spiro atoms. The third-order valence-corrected chi connectivity index (χ3v) is 19.8. The summed E-state index contributed by atoms with van der Waals surface area (Å²) in [4.78, 5) is 202. The van der Waals surface area contributed by atoms with Crippen LogP contribution < -0.4 is 26.6 Å². The molecule has 0 saturated carbocycles. The van der Waals surface area contributed by atoms with E-state index in [4.69, 9.17) is 0 Å². The Bertz CT molecular complexity index is 3640. The predicted molar refractivity (Wildman–Crippen MR) is 395 cm³/mol. The van der Waals surface area contributed by atoms with Crippen molar-refractivity contribution in [3.8, 4) is 0 Å². The first-order valence-corrected chi connectivity index (χ1v) is 36.2. The second-order valence-electron chi connectivity index (χ2n) is 28.5. The van der Waals surface area contributed by atoms with Crippen LogP contribution in [-0.2, 0) is 88.1 Å². The van der Waals surface area contributed by atoms with Gasteiger partial charge < -0.3 is 70.9 Å². The van der Waals surface area contributed by atoms with Crippen LogP contribution in [0, 0.1) is 11.8 Å². The van der Waals surface area contributed by atoms with Crippen molar-refractivity contribution in [3.05, 3.63) is 144 Å². The van der Waals surface area contributed by atoms with Crippen molar-refractivity contribution in [2.75, 3.05) is 68.5 Å². The van der Waals surface area contributed by atoms with Crippen LogP contribution in [-0.4, -0.2) is 256 Å². The smallest absolute Gasteiger partial charge is 0.246 e. The number of nitrogens with zero attached hydrogens (tertiary/aromatic N) is 8. The van der Waals surface area contributed by atoms with Gasteiger partial charge >= 0.3 is 0 Å². The lowest BCUT2D eigenvalue weighted by molar-refractivity contribution is -0.151. The van der Waals surface area contributed by atoms with E-state index in [9.17, 15) is 53.1 Å². The topological polar surface area (TPSA) is 328 Å². The summed E-state index contributed by atoms with van der Waals surface area (Å²) < 4.78 is 0. The molecule has 4 aromatic carbocycles. The molecule has 6 rings (SSSR count). The fourth-order valence-electron chi connectivity index (χ4n) is 12.8. The van der Waals surface area contributed by atoms with Crippen molar-refractivity contribution in [3.63, 3.8) is 0 Å². The molecule has 6 N–H and O–H groups in total. The van der Waals surface area contributed by atoms with Gasteiger partial charge in [0.25, 0.3) is 0 Å². The number of hydrogen-bond donors (Lipinski definition) is 6. The van der Waals surface area contributed by atoms with E-state index < -0.39 is 163 Å².